The van der Waals surface area contributed by atoms with Crippen LogP contribution in [0.4, 0.5) is 0 Å². The van der Waals surface area contributed by atoms with E-state index in [2.05, 4.69) is 38.1 Å². The zero-order chi connectivity index (χ0) is 14.6. The number of halogens is 1. The van der Waals surface area contributed by atoms with Crippen molar-refractivity contribution in [1.29, 1.82) is 0 Å². The topological polar surface area (TPSA) is 29.9 Å². The number of aryl methyl sites for hydroxylation is 2. The van der Waals surface area contributed by atoms with Crippen molar-refractivity contribution in [2.24, 2.45) is 18.4 Å². The van der Waals surface area contributed by atoms with Gasteiger partial charge in [0, 0.05) is 12.6 Å². The summed E-state index contributed by atoms with van der Waals surface area (Å²) >= 11 is 6.31. The molecule has 4 heteroatoms. The van der Waals surface area contributed by atoms with Crippen LogP contribution >= 0.6 is 11.6 Å². The number of nitrogens with zero attached hydrogens (tertiary/aromatic N) is 2. The molecule has 0 aliphatic heterocycles. The number of aromatic nitrogens is 2. The Morgan fingerprint density at radius 2 is 2.00 bits per heavy atom. The van der Waals surface area contributed by atoms with Crippen LogP contribution in [0.15, 0.2) is 0 Å². The van der Waals surface area contributed by atoms with Gasteiger partial charge >= 0.3 is 0 Å². The fourth-order valence-corrected chi connectivity index (χ4v) is 2.50. The van der Waals surface area contributed by atoms with Crippen molar-refractivity contribution in [3.8, 4) is 0 Å². The molecular weight excluding hydrogens is 258 g/mol. The molecule has 1 aromatic heterocycles. The largest absolute Gasteiger partial charge is 0.316 e. The van der Waals surface area contributed by atoms with Crippen molar-refractivity contribution >= 4 is 11.6 Å². The summed E-state index contributed by atoms with van der Waals surface area (Å²) in [7, 11) is 1.90. The lowest BCUT2D eigenvalue weighted by Crippen LogP contribution is -2.26. The molecule has 0 amide bonds. The summed E-state index contributed by atoms with van der Waals surface area (Å²) in [4.78, 5) is 0. The molecule has 1 rings (SSSR count). The van der Waals surface area contributed by atoms with E-state index in [-0.39, 0.29) is 5.41 Å². The smallest absolute Gasteiger partial charge is 0.130 e. The van der Waals surface area contributed by atoms with E-state index in [4.69, 9.17) is 11.6 Å². The van der Waals surface area contributed by atoms with Crippen LogP contribution in [-0.2, 0) is 13.5 Å². The molecular formula is C15H28ClN3. The SMILES string of the molecule is Cc1nn(C)c(Cl)c1CC(C)(C)CCNCC(C)C. The van der Waals surface area contributed by atoms with Gasteiger partial charge in [0.05, 0.1) is 5.69 Å². The average Bonchev–Trinajstić information content (AvgIpc) is 2.51. The van der Waals surface area contributed by atoms with Gasteiger partial charge in [0.2, 0.25) is 0 Å². The number of hydrogen-bond donors (Lipinski definition) is 1. The second kappa shape index (κ2) is 6.76. The van der Waals surface area contributed by atoms with E-state index in [0.717, 1.165) is 36.8 Å². The first-order valence-electron chi connectivity index (χ1n) is 7.11. The van der Waals surface area contributed by atoms with Gasteiger partial charge in [0.15, 0.2) is 0 Å². The Hall–Kier alpha value is -0.540. The van der Waals surface area contributed by atoms with Crippen LogP contribution in [-0.4, -0.2) is 22.9 Å². The predicted molar refractivity (Wildman–Crippen MR) is 82.8 cm³/mol. The summed E-state index contributed by atoms with van der Waals surface area (Å²) in [5.41, 5.74) is 2.48. The highest BCUT2D eigenvalue weighted by Gasteiger charge is 2.23. The third kappa shape index (κ3) is 5.15. The highest BCUT2D eigenvalue weighted by Crippen LogP contribution is 2.30. The average molecular weight is 286 g/mol. The van der Waals surface area contributed by atoms with E-state index in [1.54, 1.807) is 4.68 Å². The Morgan fingerprint density at radius 1 is 1.37 bits per heavy atom. The van der Waals surface area contributed by atoms with Gasteiger partial charge < -0.3 is 5.32 Å². The highest BCUT2D eigenvalue weighted by atomic mass is 35.5. The molecule has 0 aliphatic rings. The second-order valence-electron chi connectivity index (χ2n) is 6.67. The lowest BCUT2D eigenvalue weighted by atomic mass is 9.83. The first-order valence-corrected chi connectivity index (χ1v) is 7.49. The quantitative estimate of drug-likeness (QED) is 0.776. The van der Waals surface area contributed by atoms with Gasteiger partial charge in [-0.05, 0) is 44.2 Å². The fourth-order valence-electron chi connectivity index (χ4n) is 2.26. The summed E-state index contributed by atoms with van der Waals surface area (Å²) < 4.78 is 1.76. The fraction of sp³-hybridized carbons (Fsp3) is 0.800. The predicted octanol–water partition coefficient (Wildman–Crippen LogP) is 3.59. The van der Waals surface area contributed by atoms with Gasteiger partial charge in [0.25, 0.3) is 0 Å². The first kappa shape index (κ1) is 16.5. The number of rotatable bonds is 7. The molecule has 1 aromatic rings. The zero-order valence-corrected chi connectivity index (χ0v) is 13.9. The molecule has 0 saturated carbocycles. The molecule has 1 heterocycles. The third-order valence-corrected chi connectivity index (χ3v) is 3.93. The van der Waals surface area contributed by atoms with Crippen LogP contribution < -0.4 is 5.32 Å². The summed E-state index contributed by atoms with van der Waals surface area (Å²) in [5, 5.41) is 8.67. The van der Waals surface area contributed by atoms with Crippen LogP contribution in [0.1, 0.15) is 45.4 Å². The summed E-state index contributed by atoms with van der Waals surface area (Å²) in [6.07, 6.45) is 2.12. The second-order valence-corrected chi connectivity index (χ2v) is 7.03. The molecule has 1 N–H and O–H groups in total. The van der Waals surface area contributed by atoms with Crippen LogP contribution in [0, 0.1) is 18.3 Å². The van der Waals surface area contributed by atoms with Gasteiger partial charge in [-0.2, -0.15) is 5.10 Å². The molecule has 0 fully saturated rings. The van der Waals surface area contributed by atoms with Crippen molar-refractivity contribution in [1.82, 2.24) is 15.1 Å². The lowest BCUT2D eigenvalue weighted by Gasteiger charge is -2.25. The molecule has 0 spiro atoms. The van der Waals surface area contributed by atoms with E-state index >= 15 is 0 Å². The minimum Gasteiger partial charge on any atom is -0.316 e. The molecule has 110 valence electrons. The van der Waals surface area contributed by atoms with Crippen molar-refractivity contribution in [2.75, 3.05) is 13.1 Å². The Kier molecular flexibility index (Phi) is 5.87. The Bertz CT molecular complexity index is 408. The van der Waals surface area contributed by atoms with Crippen molar-refractivity contribution in [3.63, 3.8) is 0 Å². The highest BCUT2D eigenvalue weighted by molar-refractivity contribution is 6.30. The van der Waals surface area contributed by atoms with Gasteiger partial charge in [-0.1, -0.05) is 39.3 Å². The number of hydrogen-bond acceptors (Lipinski definition) is 2. The van der Waals surface area contributed by atoms with Crippen LogP contribution in [0.2, 0.25) is 5.15 Å². The van der Waals surface area contributed by atoms with E-state index < -0.39 is 0 Å². The van der Waals surface area contributed by atoms with E-state index in [0.29, 0.717) is 5.92 Å². The van der Waals surface area contributed by atoms with E-state index in [1.165, 1.54) is 5.56 Å². The maximum absolute atomic E-state index is 6.31. The van der Waals surface area contributed by atoms with Crippen molar-refractivity contribution < 1.29 is 0 Å². The Morgan fingerprint density at radius 3 is 2.47 bits per heavy atom. The molecule has 0 saturated heterocycles. The lowest BCUT2D eigenvalue weighted by molar-refractivity contribution is 0.322. The van der Waals surface area contributed by atoms with Gasteiger partial charge in [0.1, 0.15) is 5.15 Å². The Balaban J connectivity index is 2.54. The molecule has 0 aromatic carbocycles. The summed E-state index contributed by atoms with van der Waals surface area (Å²) in [5.74, 6) is 0.707. The maximum Gasteiger partial charge on any atom is 0.130 e. The zero-order valence-electron chi connectivity index (χ0n) is 13.2. The normalized spacial score (nSPS) is 12.4. The van der Waals surface area contributed by atoms with Gasteiger partial charge in [-0.15, -0.1) is 0 Å². The van der Waals surface area contributed by atoms with E-state index in [1.807, 2.05) is 14.0 Å². The van der Waals surface area contributed by atoms with Crippen LogP contribution in [0.3, 0.4) is 0 Å². The molecule has 0 bridgehead atoms. The molecule has 0 atom stereocenters. The van der Waals surface area contributed by atoms with Gasteiger partial charge in [-0.3, -0.25) is 4.68 Å². The maximum atomic E-state index is 6.31. The van der Waals surface area contributed by atoms with Gasteiger partial charge in [-0.25, -0.2) is 0 Å². The molecule has 3 nitrogen and oxygen atoms in total. The van der Waals surface area contributed by atoms with Crippen LogP contribution in [0.5, 0.6) is 0 Å². The van der Waals surface area contributed by atoms with Crippen LogP contribution in [0.25, 0.3) is 0 Å². The number of nitrogens with one attached hydrogen (secondary N) is 1. The summed E-state index contributed by atoms with van der Waals surface area (Å²) in [6.45, 7) is 13.2. The minimum absolute atomic E-state index is 0.238. The van der Waals surface area contributed by atoms with E-state index in [9.17, 15) is 0 Å². The molecule has 0 unspecified atom stereocenters. The van der Waals surface area contributed by atoms with Crippen molar-refractivity contribution in [2.45, 2.75) is 47.5 Å². The van der Waals surface area contributed by atoms with Crippen molar-refractivity contribution in [3.05, 3.63) is 16.4 Å². The Labute approximate surface area is 122 Å². The third-order valence-electron chi connectivity index (χ3n) is 3.46. The standard InChI is InChI=1S/C15H28ClN3/c1-11(2)10-17-8-7-15(4,5)9-13-12(3)18-19(6)14(13)16/h11,17H,7-10H2,1-6H3. The monoisotopic (exact) mass is 285 g/mol. The molecule has 19 heavy (non-hydrogen) atoms. The first-order chi connectivity index (χ1) is 8.73. The molecule has 0 radical (unpaired) electrons. The minimum atomic E-state index is 0.238. The molecule has 0 aliphatic carbocycles. The summed E-state index contributed by atoms with van der Waals surface area (Å²) in [6, 6.07) is 0.